The van der Waals surface area contributed by atoms with Crippen LogP contribution in [0.3, 0.4) is 0 Å². The van der Waals surface area contributed by atoms with Crippen molar-refractivity contribution in [2.24, 2.45) is 4.99 Å². The largest absolute Gasteiger partial charge is 0.496 e. The number of para-hydroxylation sites is 1. The lowest BCUT2D eigenvalue weighted by Gasteiger charge is -2.25. The first kappa shape index (κ1) is 28.4. The number of carbonyl (C=O) groups is 2. The van der Waals surface area contributed by atoms with Crippen LogP contribution < -0.4 is 29.1 Å². The minimum Gasteiger partial charge on any atom is -0.496 e. The molecule has 4 rings (SSSR count). The van der Waals surface area contributed by atoms with E-state index in [0.29, 0.717) is 47.0 Å². The van der Waals surface area contributed by atoms with Crippen LogP contribution in [-0.4, -0.2) is 49.0 Å². The van der Waals surface area contributed by atoms with Crippen molar-refractivity contribution in [2.75, 3.05) is 27.4 Å². The van der Waals surface area contributed by atoms with E-state index in [1.54, 1.807) is 38.1 Å². The van der Waals surface area contributed by atoms with Gasteiger partial charge in [0, 0.05) is 5.56 Å². The summed E-state index contributed by atoms with van der Waals surface area (Å²) in [5.41, 5.74) is 1.63. The summed E-state index contributed by atoms with van der Waals surface area (Å²) in [6.45, 7) is 3.09. The highest BCUT2D eigenvalue weighted by atomic mass is 127. The first-order chi connectivity index (χ1) is 18.7. The van der Waals surface area contributed by atoms with Gasteiger partial charge in [0.25, 0.3) is 5.56 Å². The van der Waals surface area contributed by atoms with Gasteiger partial charge in [-0.2, -0.15) is 0 Å². The third-order valence-corrected chi connectivity index (χ3v) is 7.62. The number of methoxy groups -OCH3 is 2. The molecule has 1 atom stereocenters. The van der Waals surface area contributed by atoms with Gasteiger partial charge in [0.05, 0.1) is 40.2 Å². The molecule has 2 heterocycles. The van der Waals surface area contributed by atoms with Crippen molar-refractivity contribution in [1.29, 1.82) is 0 Å². The van der Waals surface area contributed by atoms with Crippen LogP contribution in [0.5, 0.6) is 17.2 Å². The summed E-state index contributed by atoms with van der Waals surface area (Å²) in [5, 5.41) is 8.97. The molecule has 3 aromatic rings. The summed E-state index contributed by atoms with van der Waals surface area (Å²) >= 11 is 3.21. The van der Waals surface area contributed by atoms with Crippen molar-refractivity contribution in [3.63, 3.8) is 0 Å². The molecule has 0 saturated carbocycles. The van der Waals surface area contributed by atoms with E-state index in [9.17, 15) is 14.4 Å². The fourth-order valence-electron chi connectivity index (χ4n) is 4.23. The summed E-state index contributed by atoms with van der Waals surface area (Å²) in [4.78, 5) is 42.9. The van der Waals surface area contributed by atoms with Gasteiger partial charge in [0.15, 0.2) is 22.9 Å². The maximum atomic E-state index is 13.9. The monoisotopic (exact) mass is 664 g/mol. The number of esters is 1. The summed E-state index contributed by atoms with van der Waals surface area (Å²) < 4.78 is 24.2. The number of rotatable bonds is 9. The van der Waals surface area contributed by atoms with E-state index in [2.05, 4.69) is 4.99 Å². The summed E-state index contributed by atoms with van der Waals surface area (Å²) in [6, 6.07) is 9.81. The van der Waals surface area contributed by atoms with E-state index in [1.165, 1.54) is 30.1 Å². The zero-order valence-corrected chi connectivity index (χ0v) is 24.5. The molecule has 1 aliphatic rings. The molecule has 1 aliphatic heterocycles. The van der Waals surface area contributed by atoms with Gasteiger partial charge in [-0.05, 0) is 66.3 Å². The molecule has 0 unspecified atom stereocenters. The molecule has 0 spiro atoms. The smallest absolute Gasteiger partial charge is 0.341 e. The van der Waals surface area contributed by atoms with E-state index in [-0.39, 0.29) is 17.7 Å². The topological polar surface area (TPSA) is 126 Å². The zero-order chi connectivity index (χ0) is 28.3. The number of aliphatic carboxylic acids is 1. The van der Waals surface area contributed by atoms with Gasteiger partial charge in [-0.15, -0.1) is 0 Å². The Morgan fingerprint density at radius 1 is 1.18 bits per heavy atom. The predicted molar refractivity (Wildman–Crippen MR) is 152 cm³/mol. The Bertz CT molecular complexity index is 1660. The van der Waals surface area contributed by atoms with Gasteiger partial charge in [-0.25, -0.2) is 14.6 Å². The van der Waals surface area contributed by atoms with Crippen molar-refractivity contribution in [3.05, 3.63) is 82.1 Å². The number of hydrogen-bond donors (Lipinski definition) is 1. The molecule has 2 aromatic carbocycles. The quantitative estimate of drug-likeness (QED) is 0.274. The van der Waals surface area contributed by atoms with Gasteiger partial charge in [-0.1, -0.05) is 29.5 Å². The van der Waals surface area contributed by atoms with Crippen LogP contribution in [0.1, 0.15) is 31.0 Å². The first-order valence-corrected chi connectivity index (χ1v) is 13.6. The molecule has 1 N–H and O–H groups in total. The lowest BCUT2D eigenvalue weighted by molar-refractivity contribution is -0.140. The molecule has 204 valence electrons. The number of fused-ring (bicyclic) bond motifs is 1. The lowest BCUT2D eigenvalue weighted by atomic mass is 9.95. The number of aromatic nitrogens is 1. The van der Waals surface area contributed by atoms with E-state index < -0.39 is 24.6 Å². The number of benzene rings is 2. The average Bonchev–Trinajstić information content (AvgIpc) is 3.20. The molecule has 0 fully saturated rings. The van der Waals surface area contributed by atoms with Gasteiger partial charge in [0.1, 0.15) is 11.8 Å². The van der Waals surface area contributed by atoms with Crippen LogP contribution in [0.25, 0.3) is 6.08 Å². The third kappa shape index (κ3) is 5.71. The minimum atomic E-state index is -1.11. The molecule has 0 amide bonds. The Kier molecular flexibility index (Phi) is 8.75. The number of carbonyl (C=O) groups excluding carboxylic acids is 1. The SMILES string of the molecule is CCOC(=O)C1=C(C)N=c2s/c(=C\c3cc(I)c(OCC(=O)O)c(OC)c3)c(=O)n2[C@H]1c1ccccc1OC. The standard InChI is InChI=1S/C27H25IN2O8S/c1-5-37-26(34)22-14(2)29-27-30(23(22)16-8-6-7-9-18(16)35-3)25(33)20(39-27)12-15-10-17(28)24(19(11-15)36-4)38-13-21(31)32/h6-12,23H,5,13H2,1-4H3,(H,31,32)/b20-12-/t23-/m0/s1. The number of nitrogens with zero attached hydrogens (tertiary/aromatic N) is 2. The van der Waals surface area contributed by atoms with Gasteiger partial charge in [-0.3, -0.25) is 9.36 Å². The Labute approximate surface area is 240 Å². The lowest BCUT2D eigenvalue weighted by Crippen LogP contribution is -2.40. The van der Waals surface area contributed by atoms with Crippen LogP contribution in [0, 0.1) is 3.57 Å². The number of ether oxygens (including phenoxy) is 4. The number of carboxylic acids is 1. The van der Waals surface area contributed by atoms with Gasteiger partial charge >= 0.3 is 11.9 Å². The highest BCUT2D eigenvalue weighted by Crippen LogP contribution is 2.36. The Morgan fingerprint density at radius 2 is 1.90 bits per heavy atom. The second-order valence-electron chi connectivity index (χ2n) is 8.26. The summed E-state index contributed by atoms with van der Waals surface area (Å²) in [7, 11) is 2.98. The molecule has 12 heteroatoms. The van der Waals surface area contributed by atoms with Gasteiger partial charge < -0.3 is 24.1 Å². The van der Waals surface area contributed by atoms with Crippen LogP contribution >= 0.6 is 33.9 Å². The maximum Gasteiger partial charge on any atom is 0.341 e. The first-order valence-electron chi connectivity index (χ1n) is 11.7. The van der Waals surface area contributed by atoms with E-state index >= 15 is 0 Å². The normalized spacial score (nSPS) is 14.9. The molecular weight excluding hydrogens is 639 g/mol. The molecular formula is C27H25IN2O8S. The Hall–Kier alpha value is -3.65. The minimum absolute atomic E-state index is 0.172. The van der Waals surface area contributed by atoms with Crippen molar-refractivity contribution in [2.45, 2.75) is 19.9 Å². The number of hydrogen-bond acceptors (Lipinski definition) is 9. The van der Waals surface area contributed by atoms with Crippen molar-refractivity contribution in [1.82, 2.24) is 4.57 Å². The van der Waals surface area contributed by atoms with E-state index in [1.807, 2.05) is 40.8 Å². The molecule has 39 heavy (non-hydrogen) atoms. The van der Waals surface area contributed by atoms with Crippen molar-refractivity contribution in [3.8, 4) is 17.2 Å². The van der Waals surface area contributed by atoms with Crippen LogP contribution in [0.15, 0.2) is 57.5 Å². The fraction of sp³-hybridized carbons (Fsp3) is 0.259. The number of halogens is 1. The van der Waals surface area contributed by atoms with Crippen LogP contribution in [-0.2, 0) is 14.3 Å². The number of allylic oxidation sites excluding steroid dienone is 1. The number of thiazole rings is 1. The summed E-state index contributed by atoms with van der Waals surface area (Å²) in [6.07, 6.45) is 1.69. The Balaban J connectivity index is 1.91. The van der Waals surface area contributed by atoms with Crippen LogP contribution in [0.2, 0.25) is 0 Å². The second kappa shape index (κ2) is 12.0. The van der Waals surface area contributed by atoms with Crippen molar-refractivity contribution >= 4 is 51.9 Å². The highest BCUT2D eigenvalue weighted by Gasteiger charge is 2.35. The molecule has 0 radical (unpaired) electrons. The molecule has 0 aliphatic carbocycles. The predicted octanol–water partition coefficient (Wildman–Crippen LogP) is 2.88. The highest BCUT2D eigenvalue weighted by molar-refractivity contribution is 14.1. The van der Waals surface area contributed by atoms with E-state index in [0.717, 1.165) is 0 Å². The fourth-order valence-corrected chi connectivity index (χ4v) is 6.05. The van der Waals surface area contributed by atoms with Gasteiger partial charge in [0.2, 0.25) is 0 Å². The molecule has 0 saturated heterocycles. The summed E-state index contributed by atoms with van der Waals surface area (Å²) in [5.74, 6) is -0.524. The van der Waals surface area contributed by atoms with Crippen molar-refractivity contribution < 1.29 is 33.6 Å². The molecule has 0 bridgehead atoms. The van der Waals surface area contributed by atoms with E-state index in [4.69, 9.17) is 24.1 Å². The maximum absolute atomic E-state index is 13.9. The number of carboxylic acid groups (broad SMARTS) is 1. The molecule has 1 aromatic heterocycles. The second-order valence-corrected chi connectivity index (χ2v) is 10.4. The molecule has 10 nitrogen and oxygen atoms in total. The zero-order valence-electron chi connectivity index (χ0n) is 21.5. The van der Waals surface area contributed by atoms with Crippen LogP contribution in [0.4, 0.5) is 0 Å². The Morgan fingerprint density at radius 3 is 2.56 bits per heavy atom. The average molecular weight is 664 g/mol. The third-order valence-electron chi connectivity index (χ3n) is 5.84.